The van der Waals surface area contributed by atoms with Crippen LogP contribution in [0.4, 0.5) is 10.5 Å². The van der Waals surface area contributed by atoms with Crippen molar-refractivity contribution >= 4 is 90.5 Å². The molecular weight excluding hydrogens is 790 g/mol. The van der Waals surface area contributed by atoms with Gasteiger partial charge in [0.25, 0.3) is 5.91 Å². The number of alkyl halides is 1. The molecule has 6 N–H and O–H groups in total. The highest BCUT2D eigenvalue weighted by Crippen LogP contribution is 2.46. The highest BCUT2D eigenvalue weighted by Gasteiger charge is 2.36. The lowest BCUT2D eigenvalue weighted by atomic mass is 9.95. The molecule has 1 aromatic heterocycles. The Hall–Kier alpha value is -4.88. The third-order valence-corrected chi connectivity index (χ3v) is 11.5. The van der Waals surface area contributed by atoms with Crippen molar-refractivity contribution in [2.24, 2.45) is 5.73 Å². The number of carbonyl (C=O) groups is 5. The largest absolute Gasteiger partial charge is 0.513 e. The second kappa shape index (κ2) is 19.3. The van der Waals surface area contributed by atoms with Crippen LogP contribution in [0.3, 0.4) is 0 Å². The number of carboxylic acid groups (broad SMARTS) is 2. The van der Waals surface area contributed by atoms with Crippen LogP contribution in [0, 0.1) is 0 Å². The molecule has 0 fully saturated rings. The van der Waals surface area contributed by atoms with Crippen molar-refractivity contribution in [1.29, 1.82) is 0 Å². The lowest BCUT2D eigenvalue weighted by Crippen LogP contribution is -2.50. The molecular formula is C37H42ClN5O11S2. The molecule has 0 unspecified atom stereocenters. The Morgan fingerprint density at radius 1 is 1.04 bits per heavy atom. The van der Waals surface area contributed by atoms with Crippen molar-refractivity contribution in [1.82, 2.24) is 15.2 Å². The Labute approximate surface area is 334 Å². The molecule has 0 saturated carbocycles. The lowest BCUT2D eigenvalue weighted by molar-refractivity contribution is -0.142. The van der Waals surface area contributed by atoms with E-state index in [2.05, 4.69) is 10.3 Å². The van der Waals surface area contributed by atoms with Crippen LogP contribution >= 0.6 is 33.2 Å². The summed E-state index contributed by atoms with van der Waals surface area (Å²) in [5.74, 6) is -2.35. The number of aromatic nitrogens is 1. The molecule has 0 bridgehead atoms. The number of nitrogens with two attached hydrogens (primary N) is 1. The van der Waals surface area contributed by atoms with E-state index in [9.17, 15) is 29.1 Å². The number of likely N-dealkylation sites (N-methyl/N-ethyl adjacent to an activating group) is 1. The van der Waals surface area contributed by atoms with Gasteiger partial charge in [0.2, 0.25) is 5.91 Å². The molecule has 5 rings (SSSR count). The predicted octanol–water partition coefficient (Wildman–Crippen LogP) is 4.52. The molecule has 2 heterocycles. The number of fused-ring (bicyclic) bond motifs is 4. The Bertz CT molecular complexity index is 2100. The topological polar surface area (TPSA) is 223 Å². The zero-order valence-electron chi connectivity index (χ0n) is 30.7. The number of amides is 2. The van der Waals surface area contributed by atoms with Crippen LogP contribution in [0.1, 0.15) is 28.3 Å². The molecule has 3 aromatic carbocycles. The molecule has 3 atom stereocenters. The fourth-order valence-corrected chi connectivity index (χ4v) is 8.30. The van der Waals surface area contributed by atoms with Gasteiger partial charge in [0.15, 0.2) is 11.5 Å². The van der Waals surface area contributed by atoms with Gasteiger partial charge >= 0.3 is 18.1 Å². The highest BCUT2D eigenvalue weighted by atomic mass is 35.5. The van der Waals surface area contributed by atoms with Gasteiger partial charge in [0.05, 0.1) is 36.3 Å². The van der Waals surface area contributed by atoms with Gasteiger partial charge in [-0.1, -0.05) is 45.9 Å². The van der Waals surface area contributed by atoms with Crippen LogP contribution in [0.25, 0.3) is 21.7 Å². The van der Waals surface area contributed by atoms with Gasteiger partial charge < -0.3 is 55.0 Å². The van der Waals surface area contributed by atoms with Crippen molar-refractivity contribution < 1.29 is 53.1 Å². The predicted molar refractivity (Wildman–Crippen MR) is 215 cm³/mol. The normalized spacial score (nSPS) is 14.7. The smallest absolute Gasteiger partial charge is 0.493 e. The van der Waals surface area contributed by atoms with Gasteiger partial charge in [-0.25, -0.2) is 9.59 Å². The van der Waals surface area contributed by atoms with Gasteiger partial charge in [0.1, 0.15) is 25.0 Å². The fraction of sp³-hybridized carbons (Fsp3) is 0.378. The number of hydrogen-bond acceptors (Lipinski definition) is 13. The first-order valence-corrected chi connectivity index (χ1v) is 20.3. The third-order valence-electron chi connectivity index (χ3n) is 8.80. The number of hydrogen-bond donors (Lipinski definition) is 5. The summed E-state index contributed by atoms with van der Waals surface area (Å²) in [6, 6.07) is 9.86. The maximum atomic E-state index is 14.4. The summed E-state index contributed by atoms with van der Waals surface area (Å²) in [5, 5.41) is 22.5. The quantitative estimate of drug-likeness (QED) is 0.0288. The van der Waals surface area contributed by atoms with Gasteiger partial charge in [-0.3, -0.25) is 14.4 Å². The Morgan fingerprint density at radius 2 is 1.79 bits per heavy atom. The van der Waals surface area contributed by atoms with E-state index >= 15 is 0 Å². The zero-order valence-corrected chi connectivity index (χ0v) is 33.1. The molecule has 300 valence electrons. The summed E-state index contributed by atoms with van der Waals surface area (Å²) in [7, 11) is 7.74. The summed E-state index contributed by atoms with van der Waals surface area (Å²) < 4.78 is 22.6. The standard InChI is InChI=1S/C37H42ClN5O11S2/c1-42(2)8-9-52-31-12-23-24(17-40-26(23)14-30(31)51-3)35(47)43-18-20(16-38)33-22-7-5-4-6-21(22)29(15-28(33)43)54-37(50)53-10-11-55-56-19-27(36(48)49)41-34(46)25(39)13-32(44)45/h4-7,12,14-15,17,20,25,27,40H,8-11,13,16,18-19,39H2,1-3H3,(H,41,46)(H,44,45)(H,48,49)/t20-,25+,27+/m1/s1. The average molecular weight is 832 g/mol. The first kappa shape index (κ1) is 42.3. The second-order valence-electron chi connectivity index (χ2n) is 12.9. The minimum absolute atomic E-state index is 0.0614. The highest BCUT2D eigenvalue weighted by molar-refractivity contribution is 8.76. The summed E-state index contributed by atoms with van der Waals surface area (Å²) in [6.45, 7) is 1.30. The van der Waals surface area contributed by atoms with E-state index in [0.29, 0.717) is 58.7 Å². The molecule has 1 aliphatic rings. The number of carbonyl (C=O) groups excluding carboxylic acids is 3. The number of rotatable bonds is 19. The zero-order chi connectivity index (χ0) is 40.5. The summed E-state index contributed by atoms with van der Waals surface area (Å²) in [4.78, 5) is 68.6. The van der Waals surface area contributed by atoms with Crippen molar-refractivity contribution in [3.63, 3.8) is 0 Å². The van der Waals surface area contributed by atoms with E-state index in [4.69, 9.17) is 41.4 Å². The van der Waals surface area contributed by atoms with Crippen LogP contribution < -0.4 is 30.2 Å². The maximum Gasteiger partial charge on any atom is 0.513 e. The van der Waals surface area contributed by atoms with Gasteiger partial charge in [-0.05, 0) is 31.1 Å². The number of aromatic amines is 1. The summed E-state index contributed by atoms with van der Waals surface area (Å²) in [5.41, 5.74) is 8.01. The van der Waals surface area contributed by atoms with E-state index in [1.165, 1.54) is 10.8 Å². The van der Waals surface area contributed by atoms with Gasteiger partial charge in [0, 0.05) is 65.5 Å². The Morgan fingerprint density at radius 3 is 2.46 bits per heavy atom. The van der Waals surface area contributed by atoms with Crippen LogP contribution in [-0.4, -0.2) is 127 Å². The molecule has 19 heteroatoms. The molecule has 16 nitrogen and oxygen atoms in total. The minimum Gasteiger partial charge on any atom is -0.493 e. The van der Waals surface area contributed by atoms with Crippen LogP contribution in [0.2, 0.25) is 0 Å². The molecule has 0 spiro atoms. The molecule has 4 aromatic rings. The van der Waals surface area contributed by atoms with Crippen molar-refractivity contribution in [3.8, 4) is 17.2 Å². The van der Waals surface area contributed by atoms with Crippen molar-refractivity contribution in [2.75, 3.05) is 69.8 Å². The number of aliphatic carboxylic acids is 2. The Balaban J connectivity index is 1.28. The van der Waals surface area contributed by atoms with Crippen LogP contribution in [-0.2, 0) is 19.1 Å². The molecule has 0 radical (unpaired) electrons. The molecule has 1 aliphatic heterocycles. The van der Waals surface area contributed by atoms with E-state index in [0.717, 1.165) is 21.7 Å². The van der Waals surface area contributed by atoms with Crippen molar-refractivity contribution in [3.05, 3.63) is 59.8 Å². The molecule has 2 amide bonds. The number of anilines is 1. The van der Waals surface area contributed by atoms with E-state index in [1.54, 1.807) is 48.5 Å². The van der Waals surface area contributed by atoms with Gasteiger partial charge in [-0.2, -0.15) is 0 Å². The fourth-order valence-electron chi connectivity index (χ4n) is 6.07. The van der Waals surface area contributed by atoms with Crippen LogP contribution in [0.5, 0.6) is 17.2 Å². The number of ether oxygens (including phenoxy) is 4. The van der Waals surface area contributed by atoms with Crippen molar-refractivity contribution in [2.45, 2.75) is 24.4 Å². The summed E-state index contributed by atoms with van der Waals surface area (Å²) >= 11 is 6.49. The third kappa shape index (κ3) is 10.1. The molecule has 56 heavy (non-hydrogen) atoms. The molecule has 0 aliphatic carbocycles. The summed E-state index contributed by atoms with van der Waals surface area (Å²) in [6.07, 6.45) is 0.0155. The number of benzene rings is 3. The minimum atomic E-state index is -1.39. The van der Waals surface area contributed by atoms with E-state index < -0.39 is 42.5 Å². The number of methoxy groups -OCH3 is 1. The first-order valence-electron chi connectivity index (χ1n) is 17.3. The van der Waals surface area contributed by atoms with E-state index in [-0.39, 0.29) is 41.6 Å². The average Bonchev–Trinajstić information content (AvgIpc) is 3.75. The second-order valence-corrected chi connectivity index (χ2v) is 15.9. The SMILES string of the molecule is COc1cc2[nH]cc(C(=O)N3C[C@@H](CCl)c4c3cc(OC(=O)OCCSSC[C@H](NC(=O)[C@@H](N)CC(=O)O)C(=O)O)c3ccccc43)c2cc1OCCN(C)C. The number of carboxylic acids is 2. The van der Waals surface area contributed by atoms with E-state index in [1.807, 2.05) is 31.1 Å². The Kier molecular flexibility index (Phi) is 14.6. The number of nitrogens with one attached hydrogen (secondary N) is 2. The monoisotopic (exact) mass is 831 g/mol. The first-order chi connectivity index (χ1) is 26.8. The van der Waals surface area contributed by atoms with Crippen LogP contribution in [0.15, 0.2) is 48.7 Å². The molecule has 0 saturated heterocycles. The number of H-pyrrole nitrogens is 1. The number of nitrogens with zero attached hydrogens (tertiary/aromatic N) is 2. The van der Waals surface area contributed by atoms with Gasteiger partial charge in [-0.15, -0.1) is 11.6 Å². The maximum absolute atomic E-state index is 14.4. The lowest BCUT2D eigenvalue weighted by Gasteiger charge is -2.19. The number of halogens is 1.